The normalized spacial score (nSPS) is 16.6. The Morgan fingerprint density at radius 2 is 1.72 bits per heavy atom. The third-order valence-corrected chi connectivity index (χ3v) is 3.64. The molecule has 0 aromatic heterocycles. The number of phenolic OH excluding ortho intramolecular Hbond substituents is 1. The van der Waals surface area contributed by atoms with Crippen LogP contribution in [0.3, 0.4) is 0 Å². The molecule has 0 radical (unpaired) electrons. The maximum absolute atomic E-state index is 10.1. The summed E-state index contributed by atoms with van der Waals surface area (Å²) >= 11 is 0. The highest BCUT2D eigenvalue weighted by atomic mass is 16.3. The number of aliphatic hydroxyl groups excluding tert-OH is 1. The Bertz CT molecular complexity index is 359. The van der Waals surface area contributed by atoms with E-state index in [4.69, 9.17) is 0 Å². The van der Waals surface area contributed by atoms with E-state index in [1.165, 1.54) is 0 Å². The highest BCUT2D eigenvalue weighted by molar-refractivity contribution is 5.38. The predicted molar refractivity (Wildman–Crippen MR) is 75.8 cm³/mol. The number of hydrogen-bond donors (Lipinski definition) is 2. The monoisotopic (exact) mass is 250 g/mol. The van der Waals surface area contributed by atoms with Crippen molar-refractivity contribution in [2.45, 2.75) is 58.5 Å². The van der Waals surface area contributed by atoms with Crippen molar-refractivity contribution in [2.75, 3.05) is 0 Å². The van der Waals surface area contributed by atoms with Gasteiger partial charge >= 0.3 is 0 Å². The molecule has 1 rings (SSSR count). The molecule has 0 saturated carbocycles. The molecular formula is C16H26O2. The minimum absolute atomic E-state index is 0.131. The Labute approximate surface area is 111 Å². The summed E-state index contributed by atoms with van der Waals surface area (Å²) in [6, 6.07) is 7.53. The fourth-order valence-electron chi connectivity index (χ4n) is 3.05. The molecule has 2 atom stereocenters. The number of para-hydroxylation sites is 1. The van der Waals surface area contributed by atoms with Crippen LogP contribution in [0.1, 0.15) is 52.5 Å². The van der Waals surface area contributed by atoms with E-state index in [0.29, 0.717) is 18.1 Å². The van der Waals surface area contributed by atoms with Crippen LogP contribution >= 0.6 is 0 Å². The summed E-state index contributed by atoms with van der Waals surface area (Å²) < 4.78 is 0. The van der Waals surface area contributed by atoms with Gasteiger partial charge in [0.2, 0.25) is 0 Å². The third kappa shape index (κ3) is 3.49. The van der Waals surface area contributed by atoms with Crippen molar-refractivity contribution in [2.24, 2.45) is 5.92 Å². The second-order valence-corrected chi connectivity index (χ2v) is 5.80. The first kappa shape index (κ1) is 15.0. The molecule has 0 bridgehead atoms. The molecule has 0 aliphatic heterocycles. The Hall–Kier alpha value is -1.02. The molecule has 1 aromatic rings. The maximum Gasteiger partial charge on any atom is 0.119 e. The molecule has 18 heavy (non-hydrogen) atoms. The molecule has 0 amide bonds. The van der Waals surface area contributed by atoms with E-state index < -0.39 is 0 Å². The van der Waals surface area contributed by atoms with Crippen LogP contribution in [0, 0.1) is 5.92 Å². The first-order chi connectivity index (χ1) is 8.41. The SMILES string of the molecule is CCC(CC(C)C)(CC(C)O)c1ccccc1O. The Kier molecular flexibility index (Phi) is 5.21. The lowest BCUT2D eigenvalue weighted by atomic mass is 9.69. The molecule has 0 fully saturated rings. The predicted octanol–water partition coefficient (Wildman–Crippen LogP) is 3.86. The van der Waals surface area contributed by atoms with Crippen LogP contribution in [0.25, 0.3) is 0 Å². The number of hydrogen-bond acceptors (Lipinski definition) is 2. The molecule has 1 aromatic carbocycles. The number of phenols is 1. The van der Waals surface area contributed by atoms with Crippen molar-refractivity contribution in [3.05, 3.63) is 29.8 Å². The first-order valence-electron chi connectivity index (χ1n) is 6.88. The van der Waals surface area contributed by atoms with Gasteiger partial charge in [0, 0.05) is 11.0 Å². The van der Waals surface area contributed by atoms with Crippen LogP contribution in [0.5, 0.6) is 5.75 Å². The fraction of sp³-hybridized carbons (Fsp3) is 0.625. The van der Waals surface area contributed by atoms with Crippen molar-refractivity contribution >= 4 is 0 Å². The topological polar surface area (TPSA) is 40.5 Å². The van der Waals surface area contributed by atoms with E-state index in [1.54, 1.807) is 6.07 Å². The number of benzene rings is 1. The van der Waals surface area contributed by atoms with E-state index in [-0.39, 0.29) is 11.5 Å². The third-order valence-electron chi connectivity index (χ3n) is 3.64. The lowest BCUT2D eigenvalue weighted by Crippen LogP contribution is -2.31. The van der Waals surface area contributed by atoms with Crippen LogP contribution in [0.15, 0.2) is 24.3 Å². The molecule has 2 heteroatoms. The summed E-state index contributed by atoms with van der Waals surface area (Å²) in [6.45, 7) is 8.33. The largest absolute Gasteiger partial charge is 0.508 e. The van der Waals surface area contributed by atoms with E-state index in [2.05, 4.69) is 20.8 Å². The second kappa shape index (κ2) is 6.24. The second-order valence-electron chi connectivity index (χ2n) is 5.80. The minimum atomic E-state index is -0.358. The summed E-state index contributed by atoms with van der Waals surface area (Å²) in [5.74, 6) is 0.879. The molecule has 0 spiro atoms. The van der Waals surface area contributed by atoms with Gasteiger partial charge in [-0.05, 0) is 38.2 Å². The van der Waals surface area contributed by atoms with E-state index >= 15 is 0 Å². The molecule has 0 aliphatic carbocycles. The van der Waals surface area contributed by atoms with Crippen LogP contribution < -0.4 is 0 Å². The van der Waals surface area contributed by atoms with Crippen LogP contribution in [-0.4, -0.2) is 16.3 Å². The lowest BCUT2D eigenvalue weighted by molar-refractivity contribution is 0.132. The van der Waals surface area contributed by atoms with Crippen LogP contribution in [-0.2, 0) is 5.41 Å². The highest BCUT2D eigenvalue weighted by Gasteiger charge is 2.34. The van der Waals surface area contributed by atoms with Crippen molar-refractivity contribution in [3.8, 4) is 5.75 Å². The van der Waals surface area contributed by atoms with Gasteiger partial charge in [-0.25, -0.2) is 0 Å². The Balaban J connectivity index is 3.21. The molecular weight excluding hydrogens is 224 g/mol. The number of rotatable bonds is 6. The van der Waals surface area contributed by atoms with Crippen LogP contribution in [0.4, 0.5) is 0 Å². The van der Waals surface area contributed by atoms with Gasteiger partial charge < -0.3 is 10.2 Å². The van der Waals surface area contributed by atoms with Gasteiger partial charge in [-0.15, -0.1) is 0 Å². The quantitative estimate of drug-likeness (QED) is 0.805. The summed E-state index contributed by atoms with van der Waals surface area (Å²) in [4.78, 5) is 0. The fourth-order valence-corrected chi connectivity index (χ4v) is 3.05. The molecule has 0 heterocycles. The summed E-state index contributed by atoms with van der Waals surface area (Å²) in [5, 5.41) is 19.9. The van der Waals surface area contributed by atoms with Crippen molar-refractivity contribution in [3.63, 3.8) is 0 Å². The molecule has 2 N–H and O–H groups in total. The van der Waals surface area contributed by atoms with Crippen molar-refractivity contribution in [1.29, 1.82) is 0 Å². The standard InChI is InChI=1S/C16H26O2/c1-5-16(10-12(2)3,11-13(4)17)14-8-6-7-9-15(14)18/h6-9,12-13,17-18H,5,10-11H2,1-4H3. The average Bonchev–Trinajstić information content (AvgIpc) is 2.27. The Morgan fingerprint density at radius 1 is 1.11 bits per heavy atom. The summed E-state index contributed by atoms with van der Waals surface area (Å²) in [7, 11) is 0. The zero-order valence-electron chi connectivity index (χ0n) is 12.0. The molecule has 0 aliphatic rings. The van der Waals surface area contributed by atoms with E-state index in [9.17, 15) is 10.2 Å². The van der Waals surface area contributed by atoms with Crippen LogP contribution in [0.2, 0.25) is 0 Å². The summed E-state index contributed by atoms with van der Waals surface area (Å²) in [6.07, 6.45) is 2.24. The maximum atomic E-state index is 10.1. The number of aromatic hydroxyl groups is 1. The zero-order valence-corrected chi connectivity index (χ0v) is 12.0. The number of aliphatic hydroxyl groups is 1. The smallest absolute Gasteiger partial charge is 0.119 e. The molecule has 2 nitrogen and oxygen atoms in total. The van der Waals surface area contributed by atoms with E-state index in [0.717, 1.165) is 18.4 Å². The van der Waals surface area contributed by atoms with E-state index in [1.807, 2.05) is 25.1 Å². The van der Waals surface area contributed by atoms with Crippen molar-refractivity contribution in [1.82, 2.24) is 0 Å². The van der Waals surface area contributed by atoms with Gasteiger partial charge in [-0.2, -0.15) is 0 Å². The van der Waals surface area contributed by atoms with Gasteiger partial charge in [0.15, 0.2) is 0 Å². The van der Waals surface area contributed by atoms with Gasteiger partial charge in [-0.3, -0.25) is 0 Å². The van der Waals surface area contributed by atoms with Crippen molar-refractivity contribution < 1.29 is 10.2 Å². The molecule has 102 valence electrons. The Morgan fingerprint density at radius 3 is 2.17 bits per heavy atom. The lowest BCUT2D eigenvalue weighted by Gasteiger charge is -2.36. The average molecular weight is 250 g/mol. The molecule has 2 unspecified atom stereocenters. The minimum Gasteiger partial charge on any atom is -0.508 e. The highest BCUT2D eigenvalue weighted by Crippen LogP contribution is 2.42. The zero-order chi connectivity index (χ0) is 13.8. The van der Waals surface area contributed by atoms with Gasteiger partial charge in [-0.1, -0.05) is 39.0 Å². The molecule has 0 saturated heterocycles. The summed E-state index contributed by atoms with van der Waals surface area (Å²) in [5.41, 5.74) is 0.843. The van der Waals surface area contributed by atoms with Gasteiger partial charge in [0.1, 0.15) is 5.75 Å². The van der Waals surface area contributed by atoms with Gasteiger partial charge in [0.05, 0.1) is 6.10 Å². The van der Waals surface area contributed by atoms with Gasteiger partial charge in [0.25, 0.3) is 0 Å². The first-order valence-corrected chi connectivity index (χ1v) is 6.88.